The molecule has 0 spiro atoms. The second kappa shape index (κ2) is 5.97. The lowest BCUT2D eigenvalue weighted by Gasteiger charge is -2.35. The number of sulfonamides is 1. The fourth-order valence-electron chi connectivity index (χ4n) is 2.49. The van der Waals surface area contributed by atoms with Gasteiger partial charge < -0.3 is 5.73 Å². The standard InChI is InChI=1S/C13H18ClFN2O2S/c1-2-9-8-17(6-5-12(9)16)20(18,19)13-4-3-10(15)7-11(13)14/h3-4,7,9,12H,2,5-6,8,16H2,1H3. The van der Waals surface area contributed by atoms with Crippen LogP contribution in [0.4, 0.5) is 4.39 Å². The van der Waals surface area contributed by atoms with Gasteiger partial charge in [-0.1, -0.05) is 24.9 Å². The Labute approximate surface area is 123 Å². The molecule has 2 rings (SSSR count). The van der Waals surface area contributed by atoms with Gasteiger partial charge in [0.2, 0.25) is 10.0 Å². The Balaban J connectivity index is 2.31. The molecule has 20 heavy (non-hydrogen) atoms. The van der Waals surface area contributed by atoms with Crippen molar-refractivity contribution in [3.8, 4) is 0 Å². The van der Waals surface area contributed by atoms with E-state index in [-0.39, 0.29) is 21.9 Å². The van der Waals surface area contributed by atoms with Gasteiger partial charge >= 0.3 is 0 Å². The zero-order valence-corrected chi connectivity index (χ0v) is 12.8. The lowest BCUT2D eigenvalue weighted by molar-refractivity contribution is 0.230. The van der Waals surface area contributed by atoms with Gasteiger partial charge in [-0.2, -0.15) is 4.31 Å². The van der Waals surface area contributed by atoms with Crippen molar-refractivity contribution in [1.82, 2.24) is 4.31 Å². The average molecular weight is 321 g/mol. The molecule has 1 heterocycles. The zero-order chi connectivity index (χ0) is 14.9. The number of nitrogens with zero attached hydrogens (tertiary/aromatic N) is 1. The van der Waals surface area contributed by atoms with Gasteiger partial charge in [0.05, 0.1) is 5.02 Å². The zero-order valence-electron chi connectivity index (χ0n) is 11.2. The Hall–Kier alpha value is -0.690. The van der Waals surface area contributed by atoms with Gasteiger partial charge in [-0.3, -0.25) is 0 Å². The normalized spacial score (nSPS) is 24.8. The first-order chi connectivity index (χ1) is 9.36. The molecule has 2 atom stereocenters. The van der Waals surface area contributed by atoms with Crippen LogP contribution in [-0.4, -0.2) is 31.9 Å². The van der Waals surface area contributed by atoms with E-state index < -0.39 is 15.8 Å². The molecule has 1 aliphatic heterocycles. The smallest absolute Gasteiger partial charge is 0.244 e. The van der Waals surface area contributed by atoms with Crippen molar-refractivity contribution in [3.05, 3.63) is 29.0 Å². The predicted octanol–water partition coefficient (Wildman–Crippen LogP) is 2.23. The van der Waals surface area contributed by atoms with Crippen LogP contribution >= 0.6 is 11.6 Å². The summed E-state index contributed by atoms with van der Waals surface area (Å²) in [4.78, 5) is -0.0501. The molecular formula is C13H18ClFN2O2S. The number of halogens is 2. The summed E-state index contributed by atoms with van der Waals surface area (Å²) in [5.41, 5.74) is 5.99. The molecule has 0 aliphatic carbocycles. The maximum atomic E-state index is 13.0. The minimum atomic E-state index is -3.70. The third-order valence-electron chi connectivity index (χ3n) is 3.79. The average Bonchev–Trinajstić information content (AvgIpc) is 2.38. The van der Waals surface area contributed by atoms with E-state index in [2.05, 4.69) is 0 Å². The highest BCUT2D eigenvalue weighted by atomic mass is 35.5. The molecule has 0 radical (unpaired) electrons. The molecule has 2 unspecified atom stereocenters. The van der Waals surface area contributed by atoms with Gasteiger partial charge in [0.15, 0.2) is 0 Å². The molecule has 1 fully saturated rings. The molecule has 112 valence electrons. The Morgan fingerprint density at radius 2 is 2.20 bits per heavy atom. The Morgan fingerprint density at radius 1 is 1.50 bits per heavy atom. The van der Waals surface area contributed by atoms with Crippen LogP contribution in [0.3, 0.4) is 0 Å². The van der Waals surface area contributed by atoms with Crippen molar-refractivity contribution in [3.63, 3.8) is 0 Å². The SMILES string of the molecule is CCC1CN(S(=O)(=O)c2ccc(F)cc2Cl)CCC1N. The summed E-state index contributed by atoms with van der Waals surface area (Å²) < 4.78 is 39.6. The highest BCUT2D eigenvalue weighted by Gasteiger charge is 2.34. The van der Waals surface area contributed by atoms with Crippen molar-refractivity contribution < 1.29 is 12.8 Å². The maximum absolute atomic E-state index is 13.0. The van der Waals surface area contributed by atoms with E-state index in [0.717, 1.165) is 18.6 Å². The van der Waals surface area contributed by atoms with E-state index in [1.54, 1.807) is 0 Å². The fraction of sp³-hybridized carbons (Fsp3) is 0.538. The molecule has 1 aromatic carbocycles. The summed E-state index contributed by atoms with van der Waals surface area (Å²) in [6.45, 7) is 2.74. The van der Waals surface area contributed by atoms with Crippen molar-refractivity contribution >= 4 is 21.6 Å². The largest absolute Gasteiger partial charge is 0.327 e. The van der Waals surface area contributed by atoms with Crippen molar-refractivity contribution in [2.24, 2.45) is 11.7 Å². The molecule has 1 aliphatic rings. The lowest BCUT2D eigenvalue weighted by atomic mass is 9.92. The quantitative estimate of drug-likeness (QED) is 0.929. The minimum Gasteiger partial charge on any atom is -0.327 e. The van der Waals surface area contributed by atoms with E-state index in [9.17, 15) is 12.8 Å². The number of piperidine rings is 1. The van der Waals surface area contributed by atoms with E-state index >= 15 is 0 Å². The Morgan fingerprint density at radius 3 is 2.80 bits per heavy atom. The number of nitrogens with two attached hydrogens (primary N) is 1. The summed E-state index contributed by atoms with van der Waals surface area (Å²) in [6.07, 6.45) is 1.45. The van der Waals surface area contributed by atoms with Crippen molar-refractivity contribution in [2.45, 2.75) is 30.7 Å². The van der Waals surface area contributed by atoms with E-state index in [4.69, 9.17) is 17.3 Å². The maximum Gasteiger partial charge on any atom is 0.244 e. The van der Waals surface area contributed by atoms with Gasteiger partial charge in [-0.05, 0) is 30.5 Å². The van der Waals surface area contributed by atoms with Gasteiger partial charge in [-0.25, -0.2) is 12.8 Å². The number of hydrogen-bond acceptors (Lipinski definition) is 3. The number of rotatable bonds is 3. The molecule has 4 nitrogen and oxygen atoms in total. The van der Waals surface area contributed by atoms with Crippen LogP contribution in [0, 0.1) is 11.7 Å². The molecular weight excluding hydrogens is 303 g/mol. The summed E-state index contributed by atoms with van der Waals surface area (Å²) in [5, 5.41) is -0.0899. The van der Waals surface area contributed by atoms with Gasteiger partial charge in [0, 0.05) is 19.1 Å². The summed E-state index contributed by atoms with van der Waals surface area (Å²) in [7, 11) is -3.70. The van der Waals surface area contributed by atoms with Crippen molar-refractivity contribution in [2.75, 3.05) is 13.1 Å². The van der Waals surface area contributed by atoms with Gasteiger partial charge in [0.1, 0.15) is 10.7 Å². The van der Waals surface area contributed by atoms with Crippen LogP contribution in [0.1, 0.15) is 19.8 Å². The van der Waals surface area contributed by atoms with Crippen LogP contribution in [-0.2, 0) is 10.0 Å². The van der Waals surface area contributed by atoms with E-state index in [0.29, 0.717) is 19.5 Å². The van der Waals surface area contributed by atoms with Crippen molar-refractivity contribution in [1.29, 1.82) is 0 Å². The second-order valence-corrected chi connectivity index (χ2v) is 7.37. The van der Waals surface area contributed by atoms with E-state index in [1.165, 1.54) is 10.4 Å². The van der Waals surface area contributed by atoms with Gasteiger partial charge in [0.25, 0.3) is 0 Å². The monoisotopic (exact) mass is 320 g/mol. The molecule has 0 saturated carbocycles. The topological polar surface area (TPSA) is 63.4 Å². The third kappa shape index (κ3) is 2.98. The van der Waals surface area contributed by atoms with Gasteiger partial charge in [-0.15, -0.1) is 0 Å². The number of benzene rings is 1. The number of hydrogen-bond donors (Lipinski definition) is 1. The minimum absolute atomic E-state index is 0.0233. The fourth-order valence-corrected chi connectivity index (χ4v) is 4.51. The Kier molecular flexibility index (Phi) is 4.69. The molecule has 7 heteroatoms. The highest BCUT2D eigenvalue weighted by Crippen LogP contribution is 2.29. The molecule has 1 aromatic rings. The molecule has 0 amide bonds. The molecule has 1 saturated heterocycles. The lowest BCUT2D eigenvalue weighted by Crippen LogP contribution is -2.48. The molecule has 0 aromatic heterocycles. The first-order valence-electron chi connectivity index (χ1n) is 6.57. The summed E-state index contributed by atoms with van der Waals surface area (Å²) in [6, 6.07) is 3.35. The third-order valence-corrected chi connectivity index (χ3v) is 6.14. The second-order valence-electron chi connectivity index (χ2n) is 5.06. The first-order valence-corrected chi connectivity index (χ1v) is 8.39. The van der Waals surface area contributed by atoms with Crippen LogP contribution in [0.5, 0.6) is 0 Å². The summed E-state index contributed by atoms with van der Waals surface area (Å²) >= 11 is 5.86. The Bertz CT molecular complexity index is 594. The summed E-state index contributed by atoms with van der Waals surface area (Å²) in [5.74, 6) is -0.418. The molecule has 2 N–H and O–H groups in total. The predicted molar refractivity (Wildman–Crippen MR) is 76.5 cm³/mol. The van der Waals surface area contributed by atoms with E-state index in [1.807, 2.05) is 6.92 Å². The van der Waals surface area contributed by atoms with Crippen LogP contribution in [0.25, 0.3) is 0 Å². The molecule has 0 bridgehead atoms. The van der Waals surface area contributed by atoms with Crippen LogP contribution in [0.2, 0.25) is 5.02 Å². The van der Waals surface area contributed by atoms with Crippen LogP contribution in [0.15, 0.2) is 23.1 Å². The highest BCUT2D eigenvalue weighted by molar-refractivity contribution is 7.89. The first kappa shape index (κ1) is 15.7. The van der Waals surface area contributed by atoms with Crippen LogP contribution < -0.4 is 5.73 Å².